The van der Waals surface area contributed by atoms with Gasteiger partial charge in [0.1, 0.15) is 5.75 Å². The SMILES string of the molecule is COc1ccccc1CNC(=O)CCN1C(=O)c2cccc3cccc(c23)C1=O. The van der Waals surface area contributed by atoms with E-state index in [9.17, 15) is 14.4 Å². The van der Waals surface area contributed by atoms with Gasteiger partial charge in [-0.15, -0.1) is 0 Å². The van der Waals surface area contributed by atoms with Gasteiger partial charge in [-0.25, -0.2) is 0 Å². The highest BCUT2D eigenvalue weighted by molar-refractivity contribution is 6.25. The van der Waals surface area contributed by atoms with Crippen molar-refractivity contribution < 1.29 is 19.1 Å². The quantitative estimate of drug-likeness (QED) is 0.658. The Morgan fingerprint density at radius 2 is 1.59 bits per heavy atom. The van der Waals surface area contributed by atoms with Crippen molar-refractivity contribution in [3.63, 3.8) is 0 Å². The molecule has 1 aliphatic rings. The maximum atomic E-state index is 12.8. The molecule has 3 aromatic rings. The van der Waals surface area contributed by atoms with Crippen LogP contribution in [-0.4, -0.2) is 36.3 Å². The average Bonchev–Trinajstić information content (AvgIpc) is 2.76. The van der Waals surface area contributed by atoms with Crippen molar-refractivity contribution in [2.24, 2.45) is 0 Å². The first-order valence-corrected chi connectivity index (χ1v) is 9.36. The molecular formula is C23H20N2O4. The minimum absolute atomic E-state index is 0.0279. The highest BCUT2D eigenvalue weighted by atomic mass is 16.5. The van der Waals surface area contributed by atoms with E-state index >= 15 is 0 Å². The van der Waals surface area contributed by atoms with Gasteiger partial charge in [0.15, 0.2) is 0 Å². The molecule has 0 bridgehead atoms. The van der Waals surface area contributed by atoms with Crippen molar-refractivity contribution in [3.8, 4) is 5.75 Å². The summed E-state index contributed by atoms with van der Waals surface area (Å²) in [6, 6.07) is 18.2. The molecule has 146 valence electrons. The van der Waals surface area contributed by atoms with E-state index in [1.165, 1.54) is 0 Å². The molecule has 0 spiro atoms. The van der Waals surface area contributed by atoms with Gasteiger partial charge >= 0.3 is 0 Å². The standard InChI is InChI=1S/C23H20N2O4/c1-29-19-11-3-2-6-16(19)14-24-20(26)12-13-25-22(27)17-9-4-7-15-8-5-10-18(21(15)17)23(25)28/h2-11H,12-14H2,1H3,(H,24,26). The summed E-state index contributed by atoms with van der Waals surface area (Å²) in [5, 5.41) is 4.35. The van der Waals surface area contributed by atoms with Gasteiger partial charge in [-0.2, -0.15) is 0 Å². The number of methoxy groups -OCH3 is 1. The maximum absolute atomic E-state index is 12.8. The van der Waals surface area contributed by atoms with Crippen LogP contribution in [0.1, 0.15) is 32.7 Å². The Balaban J connectivity index is 1.44. The molecule has 0 saturated carbocycles. The fraction of sp³-hybridized carbons (Fsp3) is 0.174. The normalized spacial score (nSPS) is 12.9. The zero-order chi connectivity index (χ0) is 20.4. The van der Waals surface area contributed by atoms with E-state index in [2.05, 4.69) is 5.32 Å². The van der Waals surface area contributed by atoms with E-state index in [0.717, 1.165) is 15.8 Å². The zero-order valence-corrected chi connectivity index (χ0v) is 16.0. The third-order valence-electron chi connectivity index (χ3n) is 5.09. The number of benzene rings is 3. The number of nitrogens with one attached hydrogen (secondary N) is 1. The molecule has 3 amide bonds. The predicted molar refractivity (Wildman–Crippen MR) is 109 cm³/mol. The summed E-state index contributed by atoms with van der Waals surface area (Å²) in [4.78, 5) is 39.2. The van der Waals surface area contributed by atoms with Crippen molar-refractivity contribution in [1.29, 1.82) is 0 Å². The number of para-hydroxylation sites is 1. The molecule has 1 N–H and O–H groups in total. The Kier molecular flexibility index (Phi) is 4.99. The molecule has 1 heterocycles. The summed E-state index contributed by atoms with van der Waals surface area (Å²) in [6.07, 6.45) is 0.0325. The second-order valence-corrected chi connectivity index (χ2v) is 6.81. The number of nitrogens with zero attached hydrogens (tertiary/aromatic N) is 1. The first-order chi connectivity index (χ1) is 14.1. The van der Waals surface area contributed by atoms with Gasteiger partial charge in [0, 0.05) is 41.6 Å². The topological polar surface area (TPSA) is 75.7 Å². The summed E-state index contributed by atoms with van der Waals surface area (Å²) in [6.45, 7) is 0.340. The summed E-state index contributed by atoms with van der Waals surface area (Å²) in [5.74, 6) is -0.277. The first kappa shape index (κ1) is 18.7. The van der Waals surface area contributed by atoms with E-state index in [0.29, 0.717) is 28.8 Å². The Morgan fingerprint density at radius 3 is 2.24 bits per heavy atom. The van der Waals surface area contributed by atoms with Crippen LogP contribution in [0.25, 0.3) is 10.8 Å². The highest BCUT2D eigenvalue weighted by Crippen LogP contribution is 2.29. The molecule has 6 heteroatoms. The molecule has 29 heavy (non-hydrogen) atoms. The number of hydrogen-bond donors (Lipinski definition) is 1. The molecule has 0 atom stereocenters. The lowest BCUT2D eigenvalue weighted by Gasteiger charge is -2.27. The number of imide groups is 1. The number of hydrogen-bond acceptors (Lipinski definition) is 4. The molecule has 0 fully saturated rings. The lowest BCUT2D eigenvalue weighted by Crippen LogP contribution is -2.42. The maximum Gasteiger partial charge on any atom is 0.261 e. The minimum Gasteiger partial charge on any atom is -0.496 e. The molecule has 4 rings (SSSR count). The summed E-state index contributed by atoms with van der Waals surface area (Å²) in [5.41, 5.74) is 1.84. The van der Waals surface area contributed by atoms with E-state index in [1.54, 1.807) is 31.4 Å². The molecule has 0 aromatic heterocycles. The Morgan fingerprint density at radius 1 is 0.931 bits per heavy atom. The third-order valence-corrected chi connectivity index (χ3v) is 5.09. The lowest BCUT2D eigenvalue weighted by molar-refractivity contribution is -0.121. The van der Waals surface area contributed by atoms with Crippen molar-refractivity contribution in [2.45, 2.75) is 13.0 Å². The number of rotatable bonds is 6. The number of carbonyl (C=O) groups is 3. The molecule has 0 aliphatic carbocycles. The molecule has 0 radical (unpaired) electrons. The second kappa shape index (κ2) is 7.75. The van der Waals surface area contributed by atoms with Crippen LogP contribution in [0, 0.1) is 0 Å². The Bertz CT molecular complexity index is 1070. The largest absolute Gasteiger partial charge is 0.496 e. The summed E-state index contributed by atoms with van der Waals surface area (Å²) >= 11 is 0. The van der Waals surface area contributed by atoms with Gasteiger partial charge in [-0.05, 0) is 23.6 Å². The number of amides is 3. The van der Waals surface area contributed by atoms with E-state index in [-0.39, 0.29) is 30.7 Å². The van der Waals surface area contributed by atoms with Crippen LogP contribution < -0.4 is 10.1 Å². The molecule has 0 saturated heterocycles. The van der Waals surface area contributed by atoms with Crippen LogP contribution in [0.4, 0.5) is 0 Å². The second-order valence-electron chi connectivity index (χ2n) is 6.81. The van der Waals surface area contributed by atoms with Crippen molar-refractivity contribution >= 4 is 28.5 Å². The number of ether oxygens (including phenoxy) is 1. The fourth-order valence-corrected chi connectivity index (χ4v) is 3.63. The number of carbonyl (C=O) groups excluding carboxylic acids is 3. The van der Waals surface area contributed by atoms with Crippen LogP contribution in [0.15, 0.2) is 60.7 Å². The monoisotopic (exact) mass is 388 g/mol. The smallest absolute Gasteiger partial charge is 0.261 e. The van der Waals surface area contributed by atoms with Crippen LogP contribution in [0.3, 0.4) is 0 Å². The van der Waals surface area contributed by atoms with E-state index in [1.807, 2.05) is 36.4 Å². The fourth-order valence-electron chi connectivity index (χ4n) is 3.63. The highest BCUT2D eigenvalue weighted by Gasteiger charge is 2.32. The Labute approximate surface area is 168 Å². The summed E-state index contributed by atoms with van der Waals surface area (Å²) in [7, 11) is 1.58. The van der Waals surface area contributed by atoms with Crippen LogP contribution in [-0.2, 0) is 11.3 Å². The third kappa shape index (κ3) is 3.45. The van der Waals surface area contributed by atoms with Crippen LogP contribution in [0.5, 0.6) is 5.75 Å². The Hall–Kier alpha value is -3.67. The molecule has 3 aromatic carbocycles. The van der Waals surface area contributed by atoms with Crippen molar-refractivity contribution in [3.05, 3.63) is 77.4 Å². The van der Waals surface area contributed by atoms with E-state index < -0.39 is 0 Å². The van der Waals surface area contributed by atoms with Crippen LogP contribution >= 0.6 is 0 Å². The van der Waals surface area contributed by atoms with Gasteiger partial charge in [0.2, 0.25) is 5.91 Å². The zero-order valence-electron chi connectivity index (χ0n) is 16.0. The molecule has 0 unspecified atom stereocenters. The van der Waals surface area contributed by atoms with Gasteiger partial charge in [-0.3, -0.25) is 19.3 Å². The summed E-state index contributed by atoms with van der Waals surface area (Å²) < 4.78 is 5.27. The van der Waals surface area contributed by atoms with Crippen molar-refractivity contribution in [1.82, 2.24) is 10.2 Å². The van der Waals surface area contributed by atoms with Crippen LogP contribution in [0.2, 0.25) is 0 Å². The molecule has 6 nitrogen and oxygen atoms in total. The van der Waals surface area contributed by atoms with Gasteiger partial charge in [0.05, 0.1) is 7.11 Å². The molecule has 1 aliphatic heterocycles. The van der Waals surface area contributed by atoms with Gasteiger partial charge < -0.3 is 10.1 Å². The lowest BCUT2D eigenvalue weighted by atomic mass is 9.94. The van der Waals surface area contributed by atoms with Gasteiger partial charge in [-0.1, -0.05) is 42.5 Å². The van der Waals surface area contributed by atoms with Gasteiger partial charge in [0.25, 0.3) is 11.8 Å². The minimum atomic E-state index is -0.364. The van der Waals surface area contributed by atoms with E-state index in [4.69, 9.17) is 4.74 Å². The predicted octanol–water partition coefficient (Wildman–Crippen LogP) is 3.15. The van der Waals surface area contributed by atoms with Crippen molar-refractivity contribution in [2.75, 3.05) is 13.7 Å². The average molecular weight is 388 g/mol. The first-order valence-electron chi connectivity index (χ1n) is 9.36. The molecular weight excluding hydrogens is 368 g/mol.